The second-order valence-corrected chi connectivity index (χ2v) is 7.57. The van der Waals surface area contributed by atoms with Crippen molar-refractivity contribution >= 4 is 17.7 Å². The van der Waals surface area contributed by atoms with Crippen molar-refractivity contribution in [3.05, 3.63) is 29.3 Å². The van der Waals surface area contributed by atoms with Crippen molar-refractivity contribution in [2.24, 2.45) is 0 Å². The van der Waals surface area contributed by atoms with Crippen molar-refractivity contribution in [1.82, 2.24) is 15.1 Å². The summed E-state index contributed by atoms with van der Waals surface area (Å²) in [6.07, 6.45) is 3.93. The minimum Gasteiger partial charge on any atom is -0.492 e. The average molecular weight is 387 g/mol. The zero-order valence-electron chi connectivity index (χ0n) is 15.7. The Morgan fingerprint density at radius 1 is 1.18 bits per heavy atom. The van der Waals surface area contributed by atoms with Crippen LogP contribution in [0.15, 0.2) is 18.2 Å². The van der Waals surface area contributed by atoms with Crippen LogP contribution in [0.5, 0.6) is 5.75 Å². The van der Waals surface area contributed by atoms with E-state index < -0.39 is 24.6 Å². The third-order valence-electron chi connectivity index (χ3n) is 5.77. The Bertz CT molecular complexity index is 790. The summed E-state index contributed by atoms with van der Waals surface area (Å²) in [5, 5.41) is 12.7. The highest BCUT2D eigenvalue weighted by Gasteiger charge is 2.42. The smallest absolute Gasteiger partial charge is 0.255 e. The number of fused-ring (bicyclic) bond motifs is 1. The molecule has 2 N–H and O–H groups in total. The van der Waals surface area contributed by atoms with Crippen LogP contribution in [0.25, 0.3) is 0 Å². The summed E-state index contributed by atoms with van der Waals surface area (Å²) in [5.74, 6) is -0.427. The first-order valence-electron chi connectivity index (χ1n) is 9.83. The van der Waals surface area contributed by atoms with Gasteiger partial charge in [0.2, 0.25) is 5.91 Å². The molecule has 28 heavy (non-hydrogen) atoms. The van der Waals surface area contributed by atoms with Gasteiger partial charge >= 0.3 is 0 Å². The van der Waals surface area contributed by atoms with E-state index in [1.807, 2.05) is 6.07 Å². The predicted molar refractivity (Wildman–Crippen MR) is 99.4 cm³/mol. The lowest BCUT2D eigenvalue weighted by Crippen LogP contribution is -2.54. The molecule has 0 radical (unpaired) electrons. The molecule has 0 spiro atoms. The number of ether oxygens (including phenoxy) is 1. The van der Waals surface area contributed by atoms with Crippen LogP contribution in [0.1, 0.15) is 48.0 Å². The monoisotopic (exact) mass is 387 g/mol. The summed E-state index contributed by atoms with van der Waals surface area (Å²) in [7, 11) is 0. The molecule has 3 amide bonds. The second kappa shape index (κ2) is 7.89. The first kappa shape index (κ1) is 18.9. The number of benzene rings is 1. The topological polar surface area (TPSA) is 99.2 Å². The molecule has 1 aromatic carbocycles. The Morgan fingerprint density at radius 3 is 2.79 bits per heavy atom. The third-order valence-corrected chi connectivity index (χ3v) is 5.77. The van der Waals surface area contributed by atoms with Gasteiger partial charge in [0, 0.05) is 24.6 Å². The van der Waals surface area contributed by atoms with E-state index >= 15 is 0 Å². The number of hydrogen-bond donors (Lipinski definition) is 2. The average Bonchev–Trinajstić information content (AvgIpc) is 3.03. The van der Waals surface area contributed by atoms with Gasteiger partial charge in [-0.2, -0.15) is 0 Å². The Morgan fingerprint density at radius 2 is 2.04 bits per heavy atom. The lowest BCUT2D eigenvalue weighted by molar-refractivity contribution is -0.156. The number of aliphatic hydroxyl groups excluding tert-OH is 1. The number of amides is 3. The van der Waals surface area contributed by atoms with Gasteiger partial charge in [0.05, 0.1) is 0 Å². The molecule has 0 saturated carbocycles. The van der Waals surface area contributed by atoms with E-state index in [9.17, 15) is 19.5 Å². The Balaban J connectivity index is 1.44. The summed E-state index contributed by atoms with van der Waals surface area (Å²) >= 11 is 0. The van der Waals surface area contributed by atoms with Gasteiger partial charge in [0.15, 0.2) is 0 Å². The maximum atomic E-state index is 12.8. The molecule has 2 fully saturated rings. The fourth-order valence-electron chi connectivity index (χ4n) is 4.18. The number of piperidine rings is 2. The molecule has 8 heteroatoms. The molecule has 3 aliphatic heterocycles. The summed E-state index contributed by atoms with van der Waals surface area (Å²) in [5.41, 5.74) is 1.38. The number of aliphatic hydroxyl groups is 1. The number of carbonyl (C=O) groups excluding carboxylic acids is 3. The highest BCUT2D eigenvalue weighted by Crippen LogP contribution is 2.31. The number of rotatable bonds is 5. The van der Waals surface area contributed by atoms with Crippen LogP contribution in [0.3, 0.4) is 0 Å². The van der Waals surface area contributed by atoms with E-state index in [1.165, 1.54) is 17.7 Å². The van der Waals surface area contributed by atoms with Gasteiger partial charge < -0.3 is 20.1 Å². The summed E-state index contributed by atoms with van der Waals surface area (Å²) < 4.78 is 5.91. The van der Waals surface area contributed by atoms with Crippen molar-refractivity contribution in [1.29, 1.82) is 0 Å². The van der Waals surface area contributed by atoms with E-state index in [2.05, 4.69) is 5.32 Å². The zero-order valence-corrected chi connectivity index (χ0v) is 15.7. The molecule has 3 heterocycles. The Labute approximate surface area is 163 Å². The summed E-state index contributed by atoms with van der Waals surface area (Å²) in [6, 6.07) is 5.01. The normalized spacial score (nSPS) is 25.2. The molecular formula is C20H25N3O5. The highest BCUT2D eigenvalue weighted by atomic mass is 16.5. The Hall–Kier alpha value is -2.45. The molecule has 150 valence electrons. The van der Waals surface area contributed by atoms with Crippen LogP contribution in [-0.2, 0) is 16.1 Å². The quantitative estimate of drug-likeness (QED) is 0.719. The van der Waals surface area contributed by atoms with Gasteiger partial charge in [-0.15, -0.1) is 0 Å². The van der Waals surface area contributed by atoms with E-state index in [1.54, 1.807) is 12.1 Å². The molecule has 1 aromatic rings. The first-order valence-corrected chi connectivity index (χ1v) is 9.83. The van der Waals surface area contributed by atoms with Gasteiger partial charge in [-0.05, 0) is 49.6 Å². The van der Waals surface area contributed by atoms with Crippen LogP contribution >= 0.6 is 0 Å². The van der Waals surface area contributed by atoms with Crippen molar-refractivity contribution in [2.45, 2.75) is 50.7 Å². The maximum absolute atomic E-state index is 12.8. The molecule has 1 unspecified atom stereocenters. The number of nitrogens with zero attached hydrogens (tertiary/aromatic N) is 2. The fourth-order valence-corrected chi connectivity index (χ4v) is 4.18. The minimum absolute atomic E-state index is 0.139. The number of nitrogens with one attached hydrogen (secondary N) is 1. The van der Waals surface area contributed by atoms with E-state index in [-0.39, 0.29) is 18.7 Å². The van der Waals surface area contributed by atoms with Crippen LogP contribution in [0.2, 0.25) is 0 Å². The number of carbonyl (C=O) groups is 3. The van der Waals surface area contributed by atoms with E-state index in [4.69, 9.17) is 4.74 Å². The molecule has 0 aliphatic carbocycles. The standard InChI is InChI=1S/C20H25N3O5/c24-12-23-18(25)7-6-17(20(23)27)22-10-13-9-15(4-5-16(13)19(22)26)28-11-14-3-1-2-8-21-14/h4-5,9,14,17,21,24H,1-3,6-8,10-12H2/t14-,17?/m1/s1. The van der Waals surface area contributed by atoms with Crippen LogP contribution in [0.4, 0.5) is 0 Å². The van der Waals surface area contributed by atoms with Gasteiger partial charge in [0.1, 0.15) is 25.1 Å². The molecule has 4 rings (SSSR count). The highest BCUT2D eigenvalue weighted by molar-refractivity contribution is 6.05. The summed E-state index contributed by atoms with van der Waals surface area (Å²) in [6.45, 7) is 1.25. The van der Waals surface area contributed by atoms with E-state index in [0.29, 0.717) is 30.5 Å². The Kier molecular flexibility index (Phi) is 5.32. The van der Waals surface area contributed by atoms with Crippen LogP contribution < -0.4 is 10.1 Å². The minimum atomic E-state index is -0.722. The fraction of sp³-hybridized carbons (Fsp3) is 0.550. The SMILES string of the molecule is O=C1CCC(N2Cc3cc(OC[C@H]4CCCCN4)ccc3C2=O)C(=O)N1CO. The largest absolute Gasteiger partial charge is 0.492 e. The molecular weight excluding hydrogens is 362 g/mol. The van der Waals surface area contributed by atoms with Crippen molar-refractivity contribution in [2.75, 3.05) is 19.9 Å². The molecule has 2 saturated heterocycles. The van der Waals surface area contributed by atoms with E-state index in [0.717, 1.165) is 23.4 Å². The maximum Gasteiger partial charge on any atom is 0.255 e. The lowest BCUT2D eigenvalue weighted by atomic mass is 10.0. The van der Waals surface area contributed by atoms with Crippen molar-refractivity contribution in [3.63, 3.8) is 0 Å². The summed E-state index contributed by atoms with van der Waals surface area (Å²) in [4.78, 5) is 39.4. The molecule has 0 bridgehead atoms. The number of likely N-dealkylation sites (tertiary alicyclic amines) is 1. The first-order chi connectivity index (χ1) is 13.6. The zero-order chi connectivity index (χ0) is 19.7. The molecule has 2 atom stereocenters. The second-order valence-electron chi connectivity index (χ2n) is 7.57. The van der Waals surface area contributed by atoms with Crippen molar-refractivity contribution < 1.29 is 24.2 Å². The third kappa shape index (κ3) is 3.49. The predicted octanol–water partition coefficient (Wildman–Crippen LogP) is 0.631. The number of hydrogen-bond acceptors (Lipinski definition) is 6. The lowest BCUT2D eigenvalue weighted by Gasteiger charge is -2.34. The van der Waals surface area contributed by atoms with Gasteiger partial charge in [-0.25, -0.2) is 0 Å². The van der Waals surface area contributed by atoms with Crippen LogP contribution in [-0.4, -0.2) is 64.6 Å². The van der Waals surface area contributed by atoms with Gasteiger partial charge in [-0.3, -0.25) is 19.3 Å². The molecule has 0 aromatic heterocycles. The molecule has 8 nitrogen and oxygen atoms in total. The number of imide groups is 1. The van der Waals surface area contributed by atoms with Crippen molar-refractivity contribution in [3.8, 4) is 5.75 Å². The van der Waals surface area contributed by atoms with Crippen LogP contribution in [0, 0.1) is 0 Å². The van der Waals surface area contributed by atoms with Gasteiger partial charge in [-0.1, -0.05) is 6.42 Å². The molecule has 3 aliphatic rings. The van der Waals surface area contributed by atoms with Gasteiger partial charge in [0.25, 0.3) is 11.8 Å².